The van der Waals surface area contributed by atoms with E-state index in [2.05, 4.69) is 10.6 Å². The van der Waals surface area contributed by atoms with E-state index in [0.717, 1.165) is 38.5 Å². The van der Waals surface area contributed by atoms with Crippen LogP contribution in [-0.2, 0) is 14.4 Å². The molecule has 22 heavy (non-hydrogen) atoms. The summed E-state index contributed by atoms with van der Waals surface area (Å²) in [6.07, 6.45) is 7.16. The van der Waals surface area contributed by atoms with Crippen molar-refractivity contribution >= 4 is 17.8 Å². The molecule has 2 amide bonds. The van der Waals surface area contributed by atoms with Crippen molar-refractivity contribution in [2.24, 2.45) is 11.8 Å². The molecular weight excluding hydrogens is 284 g/mol. The maximum atomic E-state index is 12.0. The van der Waals surface area contributed by atoms with Crippen LogP contribution in [0.15, 0.2) is 0 Å². The molecule has 0 aliphatic heterocycles. The van der Waals surface area contributed by atoms with Crippen LogP contribution in [0.25, 0.3) is 0 Å². The molecule has 0 aromatic rings. The lowest BCUT2D eigenvalue weighted by molar-refractivity contribution is -0.143. The Morgan fingerprint density at radius 2 is 1.73 bits per heavy atom. The largest absolute Gasteiger partial charge is 0.481 e. The van der Waals surface area contributed by atoms with E-state index >= 15 is 0 Å². The van der Waals surface area contributed by atoms with E-state index in [9.17, 15) is 19.5 Å². The molecule has 0 radical (unpaired) electrons. The molecule has 2 atom stereocenters. The lowest BCUT2D eigenvalue weighted by atomic mass is 9.94. The van der Waals surface area contributed by atoms with Gasteiger partial charge >= 0.3 is 5.97 Å². The van der Waals surface area contributed by atoms with Gasteiger partial charge in [-0.25, -0.2) is 0 Å². The van der Waals surface area contributed by atoms with Crippen molar-refractivity contribution in [3.8, 4) is 0 Å². The van der Waals surface area contributed by atoms with Gasteiger partial charge in [0.05, 0.1) is 5.92 Å². The first kappa shape index (κ1) is 16.8. The number of hydrogen-bond donors (Lipinski definition) is 3. The van der Waals surface area contributed by atoms with Gasteiger partial charge in [0.15, 0.2) is 0 Å². The number of rotatable bonds is 7. The van der Waals surface area contributed by atoms with Crippen LogP contribution in [0, 0.1) is 11.8 Å². The van der Waals surface area contributed by atoms with E-state index in [1.54, 1.807) is 0 Å². The summed E-state index contributed by atoms with van der Waals surface area (Å²) in [6.45, 7) is 0.510. The minimum absolute atomic E-state index is 0.0927. The summed E-state index contributed by atoms with van der Waals surface area (Å²) in [5.74, 6) is -1.12. The Balaban J connectivity index is 1.67. The number of carboxylic acid groups (broad SMARTS) is 1. The third kappa shape index (κ3) is 5.31. The molecule has 2 saturated carbocycles. The average molecular weight is 310 g/mol. The molecule has 3 N–H and O–H groups in total. The van der Waals surface area contributed by atoms with E-state index in [-0.39, 0.29) is 23.8 Å². The molecule has 2 fully saturated rings. The maximum Gasteiger partial charge on any atom is 0.308 e. The summed E-state index contributed by atoms with van der Waals surface area (Å²) in [4.78, 5) is 34.7. The SMILES string of the molecule is O=C(CCCNC(=O)C1CC1)N[C@H]1CCCCC[C@H]1C(=O)O. The van der Waals surface area contributed by atoms with Gasteiger partial charge in [0.1, 0.15) is 0 Å². The minimum atomic E-state index is -0.816. The molecule has 0 saturated heterocycles. The number of nitrogens with one attached hydrogen (secondary N) is 2. The van der Waals surface area contributed by atoms with E-state index in [4.69, 9.17) is 0 Å². The lowest BCUT2D eigenvalue weighted by Crippen LogP contribution is -2.43. The highest BCUT2D eigenvalue weighted by Gasteiger charge is 2.31. The summed E-state index contributed by atoms with van der Waals surface area (Å²) in [5.41, 5.74) is 0. The normalized spacial score (nSPS) is 25.1. The third-order valence-electron chi connectivity index (χ3n) is 4.51. The predicted molar refractivity (Wildman–Crippen MR) is 81.1 cm³/mol. The number of amides is 2. The van der Waals surface area contributed by atoms with E-state index in [0.29, 0.717) is 25.8 Å². The van der Waals surface area contributed by atoms with E-state index < -0.39 is 11.9 Å². The predicted octanol–water partition coefficient (Wildman–Crippen LogP) is 1.44. The van der Waals surface area contributed by atoms with Gasteiger partial charge in [-0.05, 0) is 32.1 Å². The van der Waals surface area contributed by atoms with Crippen LogP contribution < -0.4 is 10.6 Å². The van der Waals surface area contributed by atoms with E-state index in [1.807, 2.05) is 0 Å². The zero-order chi connectivity index (χ0) is 15.9. The molecule has 2 aliphatic carbocycles. The Morgan fingerprint density at radius 1 is 1.00 bits per heavy atom. The van der Waals surface area contributed by atoms with Crippen molar-refractivity contribution < 1.29 is 19.5 Å². The minimum Gasteiger partial charge on any atom is -0.481 e. The standard InChI is InChI=1S/C16H26N2O4/c19-14(7-4-10-17-15(20)11-8-9-11)18-13-6-3-1-2-5-12(13)16(21)22/h11-13H,1-10H2,(H,17,20)(H,18,19)(H,21,22)/t12-,13+/m1/s1. The second kappa shape index (κ2) is 8.15. The Labute approximate surface area is 131 Å². The first-order valence-electron chi connectivity index (χ1n) is 8.38. The first-order chi connectivity index (χ1) is 10.6. The van der Waals surface area contributed by atoms with Crippen LogP contribution in [-0.4, -0.2) is 35.5 Å². The molecule has 6 heteroatoms. The van der Waals surface area contributed by atoms with Gasteiger partial charge in [0.2, 0.25) is 11.8 Å². The molecule has 0 aromatic heterocycles. The highest BCUT2D eigenvalue weighted by molar-refractivity contribution is 5.81. The number of carboxylic acids is 1. The molecule has 124 valence electrons. The molecule has 0 heterocycles. The number of hydrogen-bond acceptors (Lipinski definition) is 3. The summed E-state index contributed by atoms with van der Waals surface area (Å²) >= 11 is 0. The fourth-order valence-electron chi connectivity index (χ4n) is 3.01. The van der Waals surface area contributed by atoms with Crippen LogP contribution in [0.4, 0.5) is 0 Å². The first-order valence-corrected chi connectivity index (χ1v) is 8.38. The Kier molecular flexibility index (Phi) is 6.21. The number of carbonyl (C=O) groups excluding carboxylic acids is 2. The second-order valence-corrected chi connectivity index (χ2v) is 6.43. The molecule has 0 bridgehead atoms. The molecule has 0 spiro atoms. The number of carbonyl (C=O) groups is 3. The van der Waals surface area contributed by atoms with Gasteiger partial charge in [0.25, 0.3) is 0 Å². The summed E-state index contributed by atoms with van der Waals surface area (Å²) < 4.78 is 0. The molecule has 2 aliphatic rings. The van der Waals surface area contributed by atoms with Crippen molar-refractivity contribution in [1.29, 1.82) is 0 Å². The van der Waals surface area contributed by atoms with Gasteiger partial charge in [-0.3, -0.25) is 14.4 Å². The molecule has 0 aromatic carbocycles. The van der Waals surface area contributed by atoms with Gasteiger partial charge in [0, 0.05) is 24.9 Å². The van der Waals surface area contributed by atoms with Crippen LogP contribution >= 0.6 is 0 Å². The average Bonchev–Trinajstić information content (AvgIpc) is 3.30. The third-order valence-corrected chi connectivity index (χ3v) is 4.51. The van der Waals surface area contributed by atoms with Crippen molar-refractivity contribution in [3.63, 3.8) is 0 Å². The van der Waals surface area contributed by atoms with Crippen molar-refractivity contribution in [3.05, 3.63) is 0 Å². The Hall–Kier alpha value is -1.59. The summed E-state index contributed by atoms with van der Waals surface area (Å²) in [5, 5.41) is 15.0. The van der Waals surface area contributed by atoms with Crippen LogP contribution in [0.5, 0.6) is 0 Å². The Bertz CT molecular complexity index is 420. The monoisotopic (exact) mass is 310 g/mol. The van der Waals surface area contributed by atoms with Crippen molar-refractivity contribution in [2.75, 3.05) is 6.54 Å². The highest BCUT2D eigenvalue weighted by atomic mass is 16.4. The van der Waals surface area contributed by atoms with Crippen LogP contribution in [0.3, 0.4) is 0 Å². The summed E-state index contributed by atoms with van der Waals surface area (Å²) in [6, 6.07) is -0.256. The topological polar surface area (TPSA) is 95.5 Å². The zero-order valence-electron chi connectivity index (χ0n) is 13.0. The maximum absolute atomic E-state index is 12.0. The van der Waals surface area contributed by atoms with Gasteiger partial charge in [-0.15, -0.1) is 0 Å². The van der Waals surface area contributed by atoms with Gasteiger partial charge < -0.3 is 15.7 Å². The Morgan fingerprint density at radius 3 is 2.41 bits per heavy atom. The zero-order valence-corrected chi connectivity index (χ0v) is 13.0. The molecular formula is C16H26N2O4. The van der Waals surface area contributed by atoms with E-state index in [1.165, 1.54) is 0 Å². The quantitative estimate of drug-likeness (QED) is 0.490. The molecule has 6 nitrogen and oxygen atoms in total. The molecule has 0 unspecified atom stereocenters. The molecule has 2 rings (SSSR count). The van der Waals surface area contributed by atoms with Crippen molar-refractivity contribution in [1.82, 2.24) is 10.6 Å². The number of aliphatic carboxylic acids is 1. The van der Waals surface area contributed by atoms with Crippen molar-refractivity contribution in [2.45, 2.75) is 63.8 Å². The highest BCUT2D eigenvalue weighted by Crippen LogP contribution is 2.28. The fourth-order valence-corrected chi connectivity index (χ4v) is 3.01. The smallest absolute Gasteiger partial charge is 0.308 e. The van der Waals surface area contributed by atoms with Gasteiger partial charge in [-0.1, -0.05) is 19.3 Å². The fraction of sp³-hybridized carbons (Fsp3) is 0.812. The van der Waals surface area contributed by atoms with Crippen LogP contribution in [0.1, 0.15) is 57.8 Å². The lowest BCUT2D eigenvalue weighted by Gasteiger charge is -2.22. The summed E-state index contributed by atoms with van der Waals surface area (Å²) in [7, 11) is 0. The van der Waals surface area contributed by atoms with Gasteiger partial charge in [-0.2, -0.15) is 0 Å². The van der Waals surface area contributed by atoms with Crippen LogP contribution in [0.2, 0.25) is 0 Å². The second-order valence-electron chi connectivity index (χ2n) is 6.43.